The Morgan fingerprint density at radius 2 is 1.13 bits per heavy atom. The third-order valence-corrected chi connectivity index (χ3v) is 13.1. The number of rotatable bonds is 9. The van der Waals surface area contributed by atoms with Gasteiger partial charge < -0.3 is 5.32 Å². The average Bonchev–Trinajstić information content (AvgIpc) is 2.89. The number of nitrogens with one attached hydrogen (secondary N) is 1. The van der Waals surface area contributed by atoms with Gasteiger partial charge in [0, 0.05) is 41.5 Å². The third kappa shape index (κ3) is 7.53. The number of nitrogens with zero attached hydrogens (tertiary/aromatic N) is 1. The first kappa shape index (κ1) is 28.5. The van der Waals surface area contributed by atoms with E-state index in [9.17, 15) is 0 Å². The first-order valence-electron chi connectivity index (χ1n) is 13.6. The van der Waals surface area contributed by atoms with E-state index in [2.05, 4.69) is 150 Å². The molecule has 0 fully saturated rings. The summed E-state index contributed by atoms with van der Waals surface area (Å²) >= 11 is 0. The van der Waals surface area contributed by atoms with Crippen LogP contribution in [0.1, 0.15) is 52.9 Å². The molecule has 4 heteroatoms. The van der Waals surface area contributed by atoms with Gasteiger partial charge in [-0.15, -0.1) is 0 Å². The molecule has 0 amide bonds. The number of anilines is 1. The van der Waals surface area contributed by atoms with E-state index in [1.165, 1.54) is 33.0 Å². The lowest BCUT2D eigenvalue weighted by Crippen LogP contribution is -2.26. The maximum atomic E-state index is 5.10. The van der Waals surface area contributed by atoms with Crippen molar-refractivity contribution >= 4 is 37.4 Å². The van der Waals surface area contributed by atoms with Crippen LogP contribution in [0.25, 0.3) is 0 Å². The van der Waals surface area contributed by atoms with E-state index in [0.717, 1.165) is 19.1 Å². The van der Waals surface area contributed by atoms with Gasteiger partial charge in [-0.05, 0) is 47.0 Å². The molecule has 198 valence electrons. The topological polar surface area (TPSA) is 24.9 Å². The molecule has 38 heavy (non-hydrogen) atoms. The van der Waals surface area contributed by atoms with Gasteiger partial charge in [-0.1, -0.05) is 134 Å². The first-order valence-corrected chi connectivity index (χ1v) is 16.5. The zero-order chi connectivity index (χ0) is 27.2. The van der Waals surface area contributed by atoms with Gasteiger partial charge >= 0.3 is 0 Å². The number of pyridine rings is 1. The zero-order valence-electron chi connectivity index (χ0n) is 23.8. The highest BCUT2D eigenvalue weighted by Gasteiger charge is 2.34. The Kier molecular flexibility index (Phi) is 9.40. The van der Waals surface area contributed by atoms with E-state index >= 15 is 0 Å². The minimum Gasteiger partial charge on any atom is -0.384 e. The minimum absolute atomic E-state index is 0.213. The number of para-hydroxylation sites is 1. The van der Waals surface area contributed by atoms with Crippen molar-refractivity contribution in [3.8, 4) is 0 Å². The van der Waals surface area contributed by atoms with Crippen LogP contribution in [0, 0.1) is 0 Å². The highest BCUT2D eigenvalue weighted by Crippen LogP contribution is 2.61. The van der Waals surface area contributed by atoms with Crippen LogP contribution in [0.2, 0.25) is 0 Å². The molecule has 1 N–H and O–H groups in total. The van der Waals surface area contributed by atoms with Gasteiger partial charge in [-0.2, -0.15) is 0 Å². The van der Waals surface area contributed by atoms with Crippen molar-refractivity contribution in [1.29, 1.82) is 0 Å². The van der Waals surface area contributed by atoms with Crippen molar-refractivity contribution in [3.63, 3.8) is 0 Å². The van der Waals surface area contributed by atoms with E-state index in [0.29, 0.717) is 10.3 Å². The molecule has 1 aromatic heterocycles. The van der Waals surface area contributed by atoms with Gasteiger partial charge in [0.1, 0.15) is 0 Å². The predicted molar refractivity (Wildman–Crippen MR) is 172 cm³/mol. The molecule has 0 aliphatic rings. The molecule has 1 heterocycles. The Balaban J connectivity index is 1.51. The fraction of sp³-hybridized carbons (Fsp3) is 0.324. The lowest BCUT2D eigenvalue weighted by Gasteiger charge is -2.41. The molecule has 0 atom stereocenters. The Bertz CT molecular complexity index is 1240. The predicted octanol–water partition coefficient (Wildman–Crippen LogP) is 8.07. The van der Waals surface area contributed by atoms with Crippen LogP contribution in [0.15, 0.2) is 103 Å². The van der Waals surface area contributed by atoms with Crippen molar-refractivity contribution in [1.82, 2.24) is 4.98 Å². The van der Waals surface area contributed by atoms with Gasteiger partial charge in [0.2, 0.25) is 0 Å². The largest absolute Gasteiger partial charge is 0.384 e. The van der Waals surface area contributed by atoms with Crippen molar-refractivity contribution in [2.24, 2.45) is 0 Å². The molecule has 0 spiro atoms. The SMILES string of the molecule is CC(C)(C)P(Cc1cccc(CCNc2ccccc2P(c2ccccc2)c2ccccc2)n1)C(C)(C)C. The van der Waals surface area contributed by atoms with Crippen LogP contribution < -0.4 is 21.2 Å². The standard InChI is InChI=1S/C34H42N2P2/c1-33(2,3)37(34(4,5)6)26-28-17-15-16-27(36-28)24-25-35-31-22-13-14-23-32(31)38(29-18-9-7-10-19-29)30-20-11-8-12-21-30/h7-23,35H,24-26H2,1-6H3. The summed E-state index contributed by atoms with van der Waals surface area (Å²) in [6.45, 7) is 15.2. The molecule has 0 aliphatic carbocycles. The normalized spacial score (nSPS) is 12.2. The Morgan fingerprint density at radius 1 is 0.605 bits per heavy atom. The Morgan fingerprint density at radius 3 is 1.71 bits per heavy atom. The number of hydrogen-bond acceptors (Lipinski definition) is 2. The maximum Gasteiger partial charge on any atom is 0.0450 e. The fourth-order valence-corrected chi connectivity index (χ4v) is 11.0. The summed E-state index contributed by atoms with van der Waals surface area (Å²) in [6, 6.07) is 37.2. The maximum absolute atomic E-state index is 5.10. The van der Waals surface area contributed by atoms with Gasteiger partial charge in [-0.25, -0.2) is 0 Å². The smallest absolute Gasteiger partial charge is 0.0450 e. The quantitative estimate of drug-likeness (QED) is 0.217. The summed E-state index contributed by atoms with van der Waals surface area (Å²) in [5.41, 5.74) is 3.61. The van der Waals surface area contributed by atoms with E-state index < -0.39 is 7.92 Å². The van der Waals surface area contributed by atoms with E-state index in [1.54, 1.807) is 0 Å². The highest BCUT2D eigenvalue weighted by atomic mass is 31.1. The number of aromatic nitrogens is 1. The average molecular weight is 541 g/mol. The summed E-state index contributed by atoms with van der Waals surface area (Å²) in [5.74, 6) is 0. The Labute approximate surface area is 232 Å². The van der Waals surface area contributed by atoms with Gasteiger partial charge in [0.05, 0.1) is 0 Å². The molecule has 0 radical (unpaired) electrons. The zero-order valence-corrected chi connectivity index (χ0v) is 25.6. The summed E-state index contributed by atoms with van der Waals surface area (Å²) < 4.78 is 0. The van der Waals surface area contributed by atoms with E-state index in [4.69, 9.17) is 4.98 Å². The second-order valence-electron chi connectivity index (χ2n) is 11.7. The minimum atomic E-state index is -0.651. The van der Waals surface area contributed by atoms with Crippen LogP contribution in [0.5, 0.6) is 0 Å². The highest BCUT2D eigenvalue weighted by molar-refractivity contribution is 7.80. The van der Waals surface area contributed by atoms with Crippen molar-refractivity contribution < 1.29 is 0 Å². The van der Waals surface area contributed by atoms with Crippen LogP contribution in [0.4, 0.5) is 5.69 Å². The van der Waals surface area contributed by atoms with Gasteiger partial charge in [0.25, 0.3) is 0 Å². The summed E-state index contributed by atoms with van der Waals surface area (Å²) in [4.78, 5) is 5.10. The van der Waals surface area contributed by atoms with Crippen LogP contribution in [0.3, 0.4) is 0 Å². The monoisotopic (exact) mass is 540 g/mol. The third-order valence-electron chi connectivity index (χ3n) is 6.67. The van der Waals surface area contributed by atoms with Gasteiger partial charge in [0.15, 0.2) is 0 Å². The second-order valence-corrected chi connectivity index (χ2v) is 17.8. The second kappa shape index (κ2) is 12.5. The van der Waals surface area contributed by atoms with Crippen LogP contribution in [-0.2, 0) is 12.6 Å². The van der Waals surface area contributed by atoms with Gasteiger partial charge in [-0.3, -0.25) is 4.98 Å². The molecule has 2 nitrogen and oxygen atoms in total. The van der Waals surface area contributed by atoms with Crippen molar-refractivity contribution in [2.45, 2.75) is 64.4 Å². The lowest BCUT2D eigenvalue weighted by atomic mass is 10.2. The van der Waals surface area contributed by atoms with Crippen LogP contribution >= 0.6 is 15.8 Å². The Hall–Kier alpha value is -2.53. The molecular weight excluding hydrogens is 498 g/mol. The van der Waals surface area contributed by atoms with Crippen LogP contribution in [-0.4, -0.2) is 21.8 Å². The molecule has 4 rings (SSSR count). The lowest BCUT2D eigenvalue weighted by molar-refractivity contribution is 0.701. The molecule has 0 bridgehead atoms. The molecule has 0 saturated carbocycles. The molecule has 3 aromatic carbocycles. The number of benzene rings is 3. The first-order chi connectivity index (χ1) is 18.1. The number of hydrogen-bond donors (Lipinski definition) is 1. The van der Waals surface area contributed by atoms with E-state index in [1.807, 2.05) is 0 Å². The molecule has 0 saturated heterocycles. The van der Waals surface area contributed by atoms with Crippen molar-refractivity contribution in [2.75, 3.05) is 11.9 Å². The molecule has 0 aliphatic heterocycles. The summed E-state index contributed by atoms with van der Waals surface area (Å²) in [7, 11) is -0.864. The fourth-order valence-electron chi connectivity index (χ4n) is 5.12. The molecule has 0 unspecified atom stereocenters. The summed E-state index contributed by atoms with van der Waals surface area (Å²) in [6.07, 6.45) is 1.98. The van der Waals surface area contributed by atoms with Crippen molar-refractivity contribution in [3.05, 3.63) is 115 Å². The molecule has 4 aromatic rings. The van der Waals surface area contributed by atoms with E-state index in [-0.39, 0.29) is 7.92 Å². The summed E-state index contributed by atoms with van der Waals surface area (Å²) in [5, 5.41) is 8.46. The molecular formula is C34H42N2P2.